The van der Waals surface area contributed by atoms with E-state index in [1.807, 2.05) is 0 Å². The van der Waals surface area contributed by atoms with Crippen LogP contribution in [0.5, 0.6) is 0 Å². The monoisotopic (exact) mass is 313 g/mol. The van der Waals surface area contributed by atoms with Gasteiger partial charge in [0.15, 0.2) is 4.90 Å². The van der Waals surface area contributed by atoms with Gasteiger partial charge in [0.25, 0.3) is 5.69 Å². The molecule has 2 rings (SSSR count). The summed E-state index contributed by atoms with van der Waals surface area (Å²) in [7, 11) is -3.86. The summed E-state index contributed by atoms with van der Waals surface area (Å²) in [5.41, 5.74) is 6.62. The number of rotatable bonds is 4. The van der Waals surface area contributed by atoms with Crippen molar-refractivity contribution in [2.24, 2.45) is 11.7 Å². The Morgan fingerprint density at radius 3 is 2.52 bits per heavy atom. The van der Waals surface area contributed by atoms with E-state index in [1.165, 1.54) is 16.4 Å². The molecule has 7 nitrogen and oxygen atoms in total. The van der Waals surface area contributed by atoms with Crippen molar-refractivity contribution in [2.75, 3.05) is 19.6 Å². The normalized spacial score (nSPS) is 19.9. The first-order valence-electron chi connectivity index (χ1n) is 6.73. The smallest absolute Gasteiger partial charge is 0.289 e. The lowest BCUT2D eigenvalue weighted by Gasteiger charge is -2.17. The van der Waals surface area contributed by atoms with E-state index in [-0.39, 0.29) is 16.5 Å². The summed E-state index contributed by atoms with van der Waals surface area (Å²) in [6.45, 7) is 4.56. The Labute approximate surface area is 123 Å². The third-order valence-electron chi connectivity index (χ3n) is 3.97. The van der Waals surface area contributed by atoms with Crippen molar-refractivity contribution in [1.29, 1.82) is 0 Å². The lowest BCUT2D eigenvalue weighted by molar-refractivity contribution is -0.387. The maximum Gasteiger partial charge on any atom is 0.289 e. The molecule has 8 heteroatoms. The average molecular weight is 313 g/mol. The van der Waals surface area contributed by atoms with Gasteiger partial charge in [-0.1, -0.05) is 0 Å². The molecule has 116 valence electrons. The maximum absolute atomic E-state index is 12.7. The van der Waals surface area contributed by atoms with Crippen LogP contribution in [0.15, 0.2) is 17.0 Å². The molecule has 1 aliphatic rings. The van der Waals surface area contributed by atoms with Crippen LogP contribution < -0.4 is 5.73 Å². The number of nitro benzene ring substituents is 1. The third-order valence-corrected chi connectivity index (χ3v) is 5.87. The fourth-order valence-electron chi connectivity index (χ4n) is 2.47. The number of sulfonamides is 1. The molecule has 0 saturated carbocycles. The predicted molar refractivity (Wildman–Crippen MR) is 78.5 cm³/mol. The number of aryl methyl sites for hydroxylation is 2. The maximum atomic E-state index is 12.7. The number of hydrogen-bond acceptors (Lipinski definition) is 5. The van der Waals surface area contributed by atoms with Crippen molar-refractivity contribution in [1.82, 2.24) is 4.31 Å². The highest BCUT2D eigenvalue weighted by atomic mass is 32.2. The second kappa shape index (κ2) is 5.70. The van der Waals surface area contributed by atoms with Gasteiger partial charge in [0, 0.05) is 19.2 Å². The molecule has 0 amide bonds. The molecule has 1 aromatic rings. The number of hydrogen-bond donors (Lipinski definition) is 1. The number of benzene rings is 1. The van der Waals surface area contributed by atoms with Gasteiger partial charge in [0.05, 0.1) is 4.92 Å². The van der Waals surface area contributed by atoms with Crippen molar-refractivity contribution in [2.45, 2.75) is 25.2 Å². The molecule has 1 aliphatic heterocycles. The summed E-state index contributed by atoms with van der Waals surface area (Å²) < 4.78 is 26.6. The Balaban J connectivity index is 2.50. The largest absolute Gasteiger partial charge is 0.330 e. The van der Waals surface area contributed by atoms with Crippen LogP contribution in [0.25, 0.3) is 0 Å². The molecule has 2 N–H and O–H groups in total. The summed E-state index contributed by atoms with van der Waals surface area (Å²) in [6.07, 6.45) is 0.689. The summed E-state index contributed by atoms with van der Waals surface area (Å²) in [6, 6.07) is 2.71. The van der Waals surface area contributed by atoms with Gasteiger partial charge in [0.1, 0.15) is 0 Å². The van der Waals surface area contributed by atoms with Crippen LogP contribution in [-0.2, 0) is 10.0 Å². The van der Waals surface area contributed by atoms with Crippen molar-refractivity contribution >= 4 is 15.7 Å². The number of nitrogens with zero attached hydrogens (tertiary/aromatic N) is 2. The van der Waals surface area contributed by atoms with E-state index < -0.39 is 14.9 Å². The first-order valence-corrected chi connectivity index (χ1v) is 8.17. The Hall–Kier alpha value is -1.51. The Morgan fingerprint density at radius 1 is 1.38 bits per heavy atom. The van der Waals surface area contributed by atoms with Crippen LogP contribution >= 0.6 is 0 Å². The van der Waals surface area contributed by atoms with Crippen LogP contribution in [0.3, 0.4) is 0 Å². The molecule has 0 radical (unpaired) electrons. The minimum absolute atomic E-state index is 0.116. The third kappa shape index (κ3) is 2.92. The van der Waals surface area contributed by atoms with Crippen LogP contribution in [0.4, 0.5) is 5.69 Å². The molecule has 1 saturated heterocycles. The molecule has 1 aromatic carbocycles. The number of nitro groups is 1. The van der Waals surface area contributed by atoms with E-state index in [0.29, 0.717) is 37.2 Å². The molecule has 0 bridgehead atoms. The highest BCUT2D eigenvalue weighted by Crippen LogP contribution is 2.32. The van der Waals surface area contributed by atoms with Gasteiger partial charge in [-0.15, -0.1) is 0 Å². The standard InChI is InChI=1S/C13H19N3O4S/c1-9-5-12(16(17)18)13(6-10(9)2)21(19,20)15-4-3-11(7-14)8-15/h5-6,11H,3-4,7-8,14H2,1-2H3. The molecular weight excluding hydrogens is 294 g/mol. The zero-order valence-electron chi connectivity index (χ0n) is 12.1. The fourth-order valence-corrected chi connectivity index (χ4v) is 4.23. The number of nitrogens with two attached hydrogens (primary N) is 1. The van der Waals surface area contributed by atoms with Crippen molar-refractivity contribution in [3.8, 4) is 0 Å². The summed E-state index contributed by atoms with van der Waals surface area (Å²) in [5, 5.41) is 11.2. The molecule has 1 fully saturated rings. The second-order valence-corrected chi connectivity index (χ2v) is 7.32. The van der Waals surface area contributed by atoms with Crippen molar-refractivity contribution < 1.29 is 13.3 Å². The van der Waals surface area contributed by atoms with Gasteiger partial charge < -0.3 is 5.73 Å². The summed E-state index contributed by atoms with van der Waals surface area (Å²) >= 11 is 0. The topological polar surface area (TPSA) is 107 Å². The molecule has 1 heterocycles. The van der Waals surface area contributed by atoms with E-state index >= 15 is 0 Å². The molecule has 0 aromatic heterocycles. The van der Waals surface area contributed by atoms with E-state index in [9.17, 15) is 18.5 Å². The quantitative estimate of drug-likeness (QED) is 0.663. The zero-order chi connectivity index (χ0) is 15.8. The Bertz CT molecular complexity index is 672. The minimum Gasteiger partial charge on any atom is -0.330 e. The Kier molecular flexibility index (Phi) is 4.31. The van der Waals surface area contributed by atoms with E-state index in [0.717, 1.165) is 0 Å². The van der Waals surface area contributed by atoms with Gasteiger partial charge in [-0.05, 0) is 49.9 Å². The first kappa shape index (κ1) is 15.9. The van der Waals surface area contributed by atoms with E-state index in [2.05, 4.69) is 0 Å². The molecule has 21 heavy (non-hydrogen) atoms. The van der Waals surface area contributed by atoms with Gasteiger partial charge in [-0.25, -0.2) is 8.42 Å². The SMILES string of the molecule is Cc1cc([N+](=O)[O-])c(S(=O)(=O)N2CCC(CN)C2)cc1C. The zero-order valence-corrected chi connectivity index (χ0v) is 12.9. The van der Waals surface area contributed by atoms with Crippen LogP contribution in [0.2, 0.25) is 0 Å². The van der Waals surface area contributed by atoms with Gasteiger partial charge in [-0.2, -0.15) is 4.31 Å². The van der Waals surface area contributed by atoms with Crippen LogP contribution in [-0.4, -0.2) is 37.3 Å². The van der Waals surface area contributed by atoms with E-state index in [1.54, 1.807) is 13.8 Å². The van der Waals surface area contributed by atoms with Gasteiger partial charge >= 0.3 is 0 Å². The lowest BCUT2D eigenvalue weighted by Crippen LogP contribution is -2.30. The second-order valence-electron chi connectivity index (χ2n) is 5.41. The Morgan fingerprint density at radius 2 is 2.00 bits per heavy atom. The van der Waals surface area contributed by atoms with Gasteiger partial charge in [0.2, 0.25) is 10.0 Å². The molecule has 0 aliphatic carbocycles. The molecular formula is C13H19N3O4S. The first-order chi connectivity index (χ1) is 9.77. The van der Waals surface area contributed by atoms with Crippen molar-refractivity contribution in [3.05, 3.63) is 33.4 Å². The highest BCUT2D eigenvalue weighted by Gasteiger charge is 2.36. The summed E-state index contributed by atoms with van der Waals surface area (Å²) in [4.78, 5) is 10.3. The van der Waals surface area contributed by atoms with E-state index in [4.69, 9.17) is 5.73 Å². The summed E-state index contributed by atoms with van der Waals surface area (Å²) in [5.74, 6) is 0.116. The molecule has 1 atom stereocenters. The fraction of sp³-hybridized carbons (Fsp3) is 0.538. The lowest BCUT2D eigenvalue weighted by atomic mass is 10.1. The van der Waals surface area contributed by atoms with Crippen LogP contribution in [0, 0.1) is 29.9 Å². The minimum atomic E-state index is -3.86. The molecule has 0 spiro atoms. The molecule has 1 unspecified atom stereocenters. The predicted octanol–water partition coefficient (Wildman–Crippen LogP) is 1.18. The van der Waals surface area contributed by atoms with Gasteiger partial charge in [-0.3, -0.25) is 10.1 Å². The van der Waals surface area contributed by atoms with Crippen LogP contribution in [0.1, 0.15) is 17.5 Å². The average Bonchev–Trinajstić information content (AvgIpc) is 2.90. The van der Waals surface area contributed by atoms with Crippen molar-refractivity contribution in [3.63, 3.8) is 0 Å². The highest BCUT2D eigenvalue weighted by molar-refractivity contribution is 7.89.